The lowest BCUT2D eigenvalue weighted by atomic mass is 9.96. The summed E-state index contributed by atoms with van der Waals surface area (Å²) >= 11 is 0. The van der Waals surface area contributed by atoms with Crippen LogP contribution in [0.25, 0.3) is 5.95 Å². The van der Waals surface area contributed by atoms with Crippen LogP contribution in [0.15, 0.2) is 18.5 Å². The van der Waals surface area contributed by atoms with Gasteiger partial charge in [0.15, 0.2) is 0 Å². The van der Waals surface area contributed by atoms with E-state index in [-0.39, 0.29) is 11.4 Å². The number of aromatic nitrogens is 5. The smallest absolute Gasteiger partial charge is 0.257 e. The first-order valence-electron chi connectivity index (χ1n) is 6.08. The van der Waals surface area contributed by atoms with Gasteiger partial charge in [-0.15, -0.1) is 0 Å². The van der Waals surface area contributed by atoms with E-state index in [1.807, 2.05) is 11.9 Å². The summed E-state index contributed by atoms with van der Waals surface area (Å²) in [6.45, 7) is 7.28. The second kappa shape index (κ2) is 4.83. The van der Waals surface area contributed by atoms with Crippen molar-refractivity contribution in [2.24, 2.45) is 5.41 Å². The van der Waals surface area contributed by atoms with Gasteiger partial charge in [-0.3, -0.25) is 0 Å². The summed E-state index contributed by atoms with van der Waals surface area (Å²) in [7, 11) is 1.94. The van der Waals surface area contributed by atoms with Crippen molar-refractivity contribution in [2.75, 3.05) is 24.2 Å². The average molecular weight is 261 g/mol. The molecule has 2 aromatic rings. The zero-order valence-electron chi connectivity index (χ0n) is 11.7. The maximum absolute atomic E-state index is 5.74. The lowest BCUT2D eigenvalue weighted by Gasteiger charge is -2.26. The monoisotopic (exact) mass is 261 g/mol. The highest BCUT2D eigenvalue weighted by Crippen LogP contribution is 2.18. The minimum Gasteiger partial charge on any atom is -0.368 e. The van der Waals surface area contributed by atoms with Crippen molar-refractivity contribution in [1.29, 1.82) is 0 Å². The largest absolute Gasteiger partial charge is 0.368 e. The van der Waals surface area contributed by atoms with Gasteiger partial charge in [-0.2, -0.15) is 20.1 Å². The van der Waals surface area contributed by atoms with E-state index in [0.29, 0.717) is 11.9 Å². The van der Waals surface area contributed by atoms with E-state index < -0.39 is 0 Å². The van der Waals surface area contributed by atoms with E-state index in [4.69, 9.17) is 5.73 Å². The Labute approximate surface area is 112 Å². The van der Waals surface area contributed by atoms with Crippen molar-refractivity contribution < 1.29 is 0 Å². The van der Waals surface area contributed by atoms with Gasteiger partial charge < -0.3 is 10.6 Å². The van der Waals surface area contributed by atoms with Crippen LogP contribution >= 0.6 is 0 Å². The van der Waals surface area contributed by atoms with Gasteiger partial charge >= 0.3 is 0 Å². The Morgan fingerprint density at radius 1 is 1.26 bits per heavy atom. The standard InChI is InChI=1S/C12H19N7/c1-12(2,3)8-18(4)10-15-9(13)16-11(17-10)19-7-5-6-14-19/h5-7H,8H2,1-4H3,(H2,13,15,16,17). The molecule has 0 amide bonds. The van der Waals surface area contributed by atoms with Crippen molar-refractivity contribution in [1.82, 2.24) is 24.7 Å². The summed E-state index contributed by atoms with van der Waals surface area (Å²) < 4.78 is 1.56. The van der Waals surface area contributed by atoms with Crippen molar-refractivity contribution in [3.8, 4) is 5.95 Å². The first-order chi connectivity index (χ1) is 8.85. The van der Waals surface area contributed by atoms with E-state index >= 15 is 0 Å². The fraction of sp³-hybridized carbons (Fsp3) is 0.500. The van der Waals surface area contributed by atoms with Crippen LogP contribution in [0, 0.1) is 5.41 Å². The maximum atomic E-state index is 5.74. The van der Waals surface area contributed by atoms with Gasteiger partial charge in [0.05, 0.1) is 0 Å². The van der Waals surface area contributed by atoms with Gasteiger partial charge in [0.25, 0.3) is 5.95 Å². The lowest BCUT2D eigenvalue weighted by molar-refractivity contribution is 0.416. The third-order valence-corrected chi connectivity index (χ3v) is 2.39. The van der Waals surface area contributed by atoms with E-state index in [0.717, 1.165) is 6.54 Å². The Hall–Kier alpha value is -2.18. The quantitative estimate of drug-likeness (QED) is 0.891. The third kappa shape index (κ3) is 3.40. The minimum absolute atomic E-state index is 0.141. The van der Waals surface area contributed by atoms with Crippen LogP contribution in [0.2, 0.25) is 0 Å². The van der Waals surface area contributed by atoms with Gasteiger partial charge in [0.2, 0.25) is 11.9 Å². The summed E-state index contributed by atoms with van der Waals surface area (Å²) in [4.78, 5) is 14.6. The molecule has 0 saturated heterocycles. The molecule has 2 aromatic heterocycles. The molecule has 2 heterocycles. The summed E-state index contributed by atoms with van der Waals surface area (Å²) in [6, 6.07) is 1.80. The average Bonchev–Trinajstić information content (AvgIpc) is 2.79. The fourth-order valence-electron chi connectivity index (χ4n) is 1.81. The molecule has 7 nitrogen and oxygen atoms in total. The van der Waals surface area contributed by atoms with Crippen LogP contribution in [0.5, 0.6) is 0 Å². The van der Waals surface area contributed by atoms with Gasteiger partial charge in [-0.1, -0.05) is 20.8 Å². The molecule has 0 aliphatic carbocycles. The molecule has 0 aromatic carbocycles. The van der Waals surface area contributed by atoms with E-state index in [2.05, 4.69) is 40.8 Å². The Balaban J connectivity index is 2.32. The second-order valence-electron chi connectivity index (χ2n) is 5.66. The van der Waals surface area contributed by atoms with Crippen molar-refractivity contribution in [2.45, 2.75) is 20.8 Å². The zero-order valence-corrected chi connectivity index (χ0v) is 11.7. The molecule has 0 aliphatic heterocycles. The number of hydrogen-bond donors (Lipinski definition) is 1. The van der Waals surface area contributed by atoms with Crippen molar-refractivity contribution >= 4 is 11.9 Å². The van der Waals surface area contributed by atoms with Crippen LogP contribution in [0.1, 0.15) is 20.8 Å². The van der Waals surface area contributed by atoms with E-state index in [9.17, 15) is 0 Å². The maximum Gasteiger partial charge on any atom is 0.257 e. The SMILES string of the molecule is CN(CC(C)(C)C)c1nc(N)nc(-n2cccn2)n1. The zero-order chi connectivity index (χ0) is 14.0. The fourth-order valence-corrected chi connectivity index (χ4v) is 1.81. The highest BCUT2D eigenvalue weighted by atomic mass is 15.4. The van der Waals surface area contributed by atoms with Gasteiger partial charge in [-0.25, -0.2) is 4.68 Å². The summed E-state index contributed by atoms with van der Waals surface area (Å²) in [6.07, 6.45) is 3.43. The van der Waals surface area contributed by atoms with Crippen LogP contribution < -0.4 is 10.6 Å². The van der Waals surface area contributed by atoms with Crippen LogP contribution in [0.4, 0.5) is 11.9 Å². The first kappa shape index (κ1) is 13.3. The molecule has 2 N–H and O–H groups in total. The molecule has 0 bridgehead atoms. The highest BCUT2D eigenvalue weighted by molar-refractivity contribution is 5.37. The highest BCUT2D eigenvalue weighted by Gasteiger charge is 2.17. The predicted molar refractivity (Wildman–Crippen MR) is 74.1 cm³/mol. The van der Waals surface area contributed by atoms with Crippen LogP contribution in [-0.4, -0.2) is 38.3 Å². The summed E-state index contributed by atoms with van der Waals surface area (Å²) in [5.74, 6) is 1.16. The van der Waals surface area contributed by atoms with Crippen LogP contribution in [0.3, 0.4) is 0 Å². The number of nitrogen functional groups attached to an aromatic ring is 1. The van der Waals surface area contributed by atoms with E-state index in [1.165, 1.54) is 0 Å². The molecule has 0 saturated carbocycles. The molecule has 0 fully saturated rings. The van der Waals surface area contributed by atoms with Crippen LogP contribution in [-0.2, 0) is 0 Å². The summed E-state index contributed by atoms with van der Waals surface area (Å²) in [5.41, 5.74) is 5.88. The number of rotatable bonds is 3. The second-order valence-corrected chi connectivity index (χ2v) is 5.66. The minimum atomic E-state index is 0.141. The third-order valence-electron chi connectivity index (χ3n) is 2.39. The molecular formula is C12H19N7. The molecule has 0 atom stereocenters. The molecule has 0 unspecified atom stereocenters. The Morgan fingerprint density at radius 3 is 2.58 bits per heavy atom. The van der Waals surface area contributed by atoms with E-state index in [1.54, 1.807) is 23.1 Å². The Kier molecular flexibility index (Phi) is 3.37. The molecule has 102 valence electrons. The summed E-state index contributed by atoms with van der Waals surface area (Å²) in [5, 5.41) is 4.09. The normalized spacial score (nSPS) is 11.6. The van der Waals surface area contributed by atoms with Gasteiger partial charge in [0, 0.05) is 26.0 Å². The molecular weight excluding hydrogens is 242 g/mol. The van der Waals surface area contributed by atoms with Crippen molar-refractivity contribution in [3.63, 3.8) is 0 Å². The Morgan fingerprint density at radius 2 is 2.00 bits per heavy atom. The molecule has 7 heteroatoms. The first-order valence-corrected chi connectivity index (χ1v) is 6.08. The number of hydrogen-bond acceptors (Lipinski definition) is 6. The number of anilines is 2. The van der Waals surface area contributed by atoms with Gasteiger partial charge in [0.1, 0.15) is 0 Å². The van der Waals surface area contributed by atoms with Crippen molar-refractivity contribution in [3.05, 3.63) is 18.5 Å². The molecule has 0 aliphatic rings. The number of nitrogens with two attached hydrogens (primary N) is 1. The number of nitrogens with zero attached hydrogens (tertiary/aromatic N) is 6. The Bertz CT molecular complexity index is 542. The van der Waals surface area contributed by atoms with Gasteiger partial charge in [-0.05, 0) is 11.5 Å². The topological polar surface area (TPSA) is 85.8 Å². The molecule has 19 heavy (non-hydrogen) atoms. The predicted octanol–water partition coefficient (Wildman–Crippen LogP) is 1.12. The molecule has 0 spiro atoms. The molecule has 0 radical (unpaired) electrons. The molecule has 2 rings (SSSR count). The lowest BCUT2D eigenvalue weighted by Crippen LogP contribution is -2.31.